The van der Waals surface area contributed by atoms with Crippen LogP contribution in [0.1, 0.15) is 23.3 Å². The number of carbonyl (C=O) groups excluding carboxylic acids is 1. The van der Waals surface area contributed by atoms with Gasteiger partial charge < -0.3 is 14.6 Å². The largest absolute Gasteiger partial charge is 0.376 e. The molecule has 3 heterocycles. The van der Waals surface area contributed by atoms with E-state index >= 15 is 0 Å². The van der Waals surface area contributed by atoms with Crippen molar-refractivity contribution in [3.8, 4) is 5.69 Å². The minimum atomic E-state index is -0.385. The van der Waals surface area contributed by atoms with Gasteiger partial charge in [0.1, 0.15) is 5.52 Å². The molecule has 1 N–H and O–H groups in total. The Balaban J connectivity index is 1.77. The van der Waals surface area contributed by atoms with E-state index in [1.165, 1.54) is 15.6 Å². The lowest BCUT2D eigenvalue weighted by Crippen LogP contribution is -2.32. The smallest absolute Gasteiger partial charge is 0.279 e. The SMILES string of the molecule is Cn1cnc2c(C(=O)NCC3CCCO3)nn(-c3ccc(Cl)cc3)c2c1=O. The Labute approximate surface area is 159 Å². The van der Waals surface area contributed by atoms with Crippen LogP contribution in [-0.2, 0) is 11.8 Å². The Kier molecular flexibility index (Phi) is 4.67. The normalized spacial score (nSPS) is 16.7. The van der Waals surface area contributed by atoms with Crippen molar-refractivity contribution in [1.82, 2.24) is 24.6 Å². The second-order valence-corrected chi connectivity index (χ2v) is 6.88. The summed E-state index contributed by atoms with van der Waals surface area (Å²) in [5.41, 5.74) is 0.937. The molecule has 1 aliphatic heterocycles. The molecular formula is C18H18ClN5O3. The molecule has 0 spiro atoms. The molecule has 1 unspecified atom stereocenters. The van der Waals surface area contributed by atoms with Crippen LogP contribution >= 0.6 is 11.6 Å². The van der Waals surface area contributed by atoms with Gasteiger partial charge in [0.25, 0.3) is 11.5 Å². The van der Waals surface area contributed by atoms with E-state index in [4.69, 9.17) is 16.3 Å². The number of nitrogens with zero attached hydrogens (tertiary/aromatic N) is 4. The Hall–Kier alpha value is -2.71. The topological polar surface area (TPSA) is 91.0 Å². The minimum Gasteiger partial charge on any atom is -0.376 e. The average Bonchev–Trinajstić information content (AvgIpc) is 3.31. The van der Waals surface area contributed by atoms with Crippen molar-refractivity contribution in [3.63, 3.8) is 0 Å². The summed E-state index contributed by atoms with van der Waals surface area (Å²) in [5.74, 6) is -0.385. The number of fused-ring (bicyclic) bond motifs is 1. The molecule has 8 nitrogen and oxygen atoms in total. The third-order valence-corrected chi connectivity index (χ3v) is 4.80. The molecule has 1 fully saturated rings. The quantitative estimate of drug-likeness (QED) is 0.735. The summed E-state index contributed by atoms with van der Waals surface area (Å²) in [5, 5.41) is 7.78. The first-order valence-electron chi connectivity index (χ1n) is 8.64. The van der Waals surface area contributed by atoms with Crippen LogP contribution < -0.4 is 10.9 Å². The molecule has 2 aromatic heterocycles. The fourth-order valence-corrected chi connectivity index (χ4v) is 3.23. The van der Waals surface area contributed by atoms with E-state index in [1.807, 2.05) is 0 Å². The highest BCUT2D eigenvalue weighted by atomic mass is 35.5. The number of rotatable bonds is 4. The third kappa shape index (κ3) is 3.33. The highest BCUT2D eigenvalue weighted by Crippen LogP contribution is 2.19. The molecule has 0 radical (unpaired) electrons. The summed E-state index contributed by atoms with van der Waals surface area (Å²) in [6, 6.07) is 6.86. The summed E-state index contributed by atoms with van der Waals surface area (Å²) >= 11 is 5.95. The Morgan fingerprint density at radius 3 is 2.85 bits per heavy atom. The van der Waals surface area contributed by atoms with E-state index in [1.54, 1.807) is 31.3 Å². The van der Waals surface area contributed by atoms with Crippen molar-refractivity contribution in [1.29, 1.82) is 0 Å². The van der Waals surface area contributed by atoms with Crippen LogP contribution in [-0.4, -0.2) is 44.5 Å². The fraction of sp³-hybridized carbons (Fsp3) is 0.333. The highest BCUT2D eigenvalue weighted by Gasteiger charge is 2.23. The standard InChI is InChI=1S/C18H18ClN5O3/c1-23-10-21-14-15(17(25)20-9-13-3-2-8-27-13)22-24(16(14)18(23)26)12-6-4-11(19)5-7-12/h4-7,10,13H,2-3,8-9H2,1H3,(H,20,25). The zero-order valence-electron chi connectivity index (χ0n) is 14.7. The van der Waals surface area contributed by atoms with Crippen molar-refractivity contribution < 1.29 is 9.53 Å². The van der Waals surface area contributed by atoms with Crippen molar-refractivity contribution in [2.75, 3.05) is 13.2 Å². The lowest BCUT2D eigenvalue weighted by Gasteiger charge is -2.09. The molecule has 4 rings (SSSR count). The van der Waals surface area contributed by atoms with E-state index in [-0.39, 0.29) is 34.3 Å². The number of hydrogen-bond acceptors (Lipinski definition) is 5. The molecule has 140 valence electrons. The van der Waals surface area contributed by atoms with Crippen molar-refractivity contribution in [2.45, 2.75) is 18.9 Å². The highest BCUT2D eigenvalue weighted by molar-refractivity contribution is 6.30. The second kappa shape index (κ2) is 7.13. The van der Waals surface area contributed by atoms with Gasteiger partial charge in [0, 0.05) is 25.2 Å². The lowest BCUT2D eigenvalue weighted by atomic mass is 10.2. The number of ether oxygens (including phenoxy) is 1. The van der Waals surface area contributed by atoms with Crippen LogP contribution in [0.2, 0.25) is 5.02 Å². The van der Waals surface area contributed by atoms with Gasteiger partial charge in [-0.25, -0.2) is 9.67 Å². The first kappa shape index (κ1) is 17.7. The Morgan fingerprint density at radius 2 is 2.15 bits per heavy atom. The number of hydrogen-bond donors (Lipinski definition) is 1. The average molecular weight is 388 g/mol. The van der Waals surface area contributed by atoms with Gasteiger partial charge >= 0.3 is 0 Å². The summed E-state index contributed by atoms with van der Waals surface area (Å²) < 4.78 is 8.31. The van der Waals surface area contributed by atoms with E-state index in [2.05, 4.69) is 15.4 Å². The van der Waals surface area contributed by atoms with Gasteiger partial charge in [-0.2, -0.15) is 5.10 Å². The van der Waals surface area contributed by atoms with E-state index in [0.717, 1.165) is 12.8 Å². The predicted molar refractivity (Wildman–Crippen MR) is 100 cm³/mol. The molecule has 1 aliphatic rings. The number of aryl methyl sites for hydroxylation is 1. The Morgan fingerprint density at radius 1 is 1.37 bits per heavy atom. The minimum absolute atomic E-state index is 0.0133. The van der Waals surface area contributed by atoms with E-state index in [0.29, 0.717) is 23.9 Å². The fourth-order valence-electron chi connectivity index (χ4n) is 3.11. The molecule has 27 heavy (non-hydrogen) atoms. The van der Waals surface area contributed by atoms with Crippen molar-refractivity contribution in [2.24, 2.45) is 7.05 Å². The maximum Gasteiger partial charge on any atom is 0.279 e. The molecule has 1 saturated heterocycles. The van der Waals surface area contributed by atoms with E-state index in [9.17, 15) is 9.59 Å². The first-order valence-corrected chi connectivity index (χ1v) is 9.02. The van der Waals surface area contributed by atoms with E-state index < -0.39 is 0 Å². The van der Waals surface area contributed by atoms with Gasteiger partial charge in [0.2, 0.25) is 0 Å². The number of nitrogens with one attached hydrogen (secondary N) is 1. The van der Waals surface area contributed by atoms with Crippen LogP contribution in [0.5, 0.6) is 0 Å². The van der Waals surface area contributed by atoms with Crippen molar-refractivity contribution in [3.05, 3.63) is 51.7 Å². The summed E-state index contributed by atoms with van der Waals surface area (Å²) in [4.78, 5) is 29.6. The molecule has 0 bridgehead atoms. The Bertz CT molecular complexity index is 1050. The van der Waals surface area contributed by atoms with Crippen LogP contribution in [0.3, 0.4) is 0 Å². The van der Waals surface area contributed by atoms with Gasteiger partial charge in [-0.3, -0.25) is 9.59 Å². The molecule has 3 aromatic rings. The summed E-state index contributed by atoms with van der Waals surface area (Å²) in [6.45, 7) is 1.12. The molecule has 9 heteroatoms. The number of aromatic nitrogens is 4. The lowest BCUT2D eigenvalue weighted by molar-refractivity contribution is 0.0854. The van der Waals surface area contributed by atoms with Gasteiger partial charge in [0.15, 0.2) is 11.2 Å². The first-order chi connectivity index (χ1) is 13.0. The summed E-state index contributed by atoms with van der Waals surface area (Å²) in [6.07, 6.45) is 3.31. The number of carbonyl (C=O) groups is 1. The van der Waals surface area contributed by atoms with Gasteiger partial charge in [0.05, 0.1) is 18.1 Å². The van der Waals surface area contributed by atoms with Crippen LogP contribution in [0.15, 0.2) is 35.4 Å². The molecular weight excluding hydrogens is 370 g/mol. The molecule has 1 aromatic carbocycles. The number of amides is 1. The zero-order chi connectivity index (χ0) is 19.0. The van der Waals surface area contributed by atoms with Gasteiger partial charge in [-0.15, -0.1) is 0 Å². The van der Waals surface area contributed by atoms with Crippen molar-refractivity contribution >= 4 is 28.5 Å². The zero-order valence-corrected chi connectivity index (χ0v) is 15.4. The second-order valence-electron chi connectivity index (χ2n) is 6.44. The third-order valence-electron chi connectivity index (χ3n) is 4.54. The number of benzene rings is 1. The summed E-state index contributed by atoms with van der Waals surface area (Å²) in [7, 11) is 1.60. The maximum absolute atomic E-state index is 12.7. The predicted octanol–water partition coefficient (Wildman–Crippen LogP) is 1.68. The maximum atomic E-state index is 12.7. The molecule has 1 atom stereocenters. The molecule has 0 saturated carbocycles. The van der Waals surface area contributed by atoms with Gasteiger partial charge in [-0.05, 0) is 37.1 Å². The van der Waals surface area contributed by atoms with Crippen LogP contribution in [0.25, 0.3) is 16.7 Å². The monoisotopic (exact) mass is 387 g/mol. The number of halogens is 1. The van der Waals surface area contributed by atoms with Gasteiger partial charge in [-0.1, -0.05) is 11.6 Å². The van der Waals surface area contributed by atoms with Crippen LogP contribution in [0.4, 0.5) is 0 Å². The van der Waals surface area contributed by atoms with Crippen LogP contribution in [0, 0.1) is 0 Å². The molecule has 0 aliphatic carbocycles. The molecule has 1 amide bonds.